The van der Waals surface area contributed by atoms with E-state index in [2.05, 4.69) is 37.1 Å². The van der Waals surface area contributed by atoms with E-state index in [-0.39, 0.29) is 0 Å². The second kappa shape index (κ2) is 8.24. The Labute approximate surface area is 106 Å². The average molecular weight is 234 g/mol. The van der Waals surface area contributed by atoms with Gasteiger partial charge in [-0.1, -0.05) is 39.2 Å². The van der Waals surface area contributed by atoms with E-state index in [0.717, 1.165) is 19.0 Å². The molecular formula is C15H26N2. The highest BCUT2D eigenvalue weighted by atomic mass is 14.9. The SMILES string of the molecule is CCCCC(CC)CNCc1cncc(C)c1. The van der Waals surface area contributed by atoms with Crippen molar-refractivity contribution in [2.75, 3.05) is 6.54 Å². The van der Waals surface area contributed by atoms with Crippen LogP contribution in [0.1, 0.15) is 50.7 Å². The Morgan fingerprint density at radius 3 is 2.76 bits per heavy atom. The lowest BCUT2D eigenvalue weighted by molar-refractivity contribution is 0.419. The first-order chi connectivity index (χ1) is 8.26. The van der Waals surface area contributed by atoms with Gasteiger partial charge in [-0.3, -0.25) is 4.98 Å². The van der Waals surface area contributed by atoms with Crippen LogP contribution in [0.2, 0.25) is 0 Å². The molecule has 1 N–H and O–H groups in total. The second-order valence-corrected chi connectivity index (χ2v) is 4.92. The summed E-state index contributed by atoms with van der Waals surface area (Å²) in [5.74, 6) is 0.827. The van der Waals surface area contributed by atoms with Gasteiger partial charge in [0.25, 0.3) is 0 Å². The normalized spacial score (nSPS) is 12.6. The summed E-state index contributed by atoms with van der Waals surface area (Å²) in [7, 11) is 0. The summed E-state index contributed by atoms with van der Waals surface area (Å²) in [4.78, 5) is 4.21. The van der Waals surface area contributed by atoms with Gasteiger partial charge in [0.1, 0.15) is 0 Å². The molecule has 0 aliphatic heterocycles. The molecular weight excluding hydrogens is 208 g/mol. The van der Waals surface area contributed by atoms with E-state index in [1.165, 1.54) is 36.8 Å². The maximum atomic E-state index is 4.21. The molecule has 0 fully saturated rings. The van der Waals surface area contributed by atoms with Crippen LogP contribution in [0.3, 0.4) is 0 Å². The summed E-state index contributed by atoms with van der Waals surface area (Å²) < 4.78 is 0. The highest BCUT2D eigenvalue weighted by Crippen LogP contribution is 2.11. The minimum atomic E-state index is 0.827. The molecule has 2 heteroatoms. The number of nitrogens with zero attached hydrogens (tertiary/aromatic N) is 1. The zero-order valence-electron chi connectivity index (χ0n) is 11.5. The molecule has 1 aromatic heterocycles. The lowest BCUT2D eigenvalue weighted by Gasteiger charge is -2.15. The summed E-state index contributed by atoms with van der Waals surface area (Å²) in [6.45, 7) is 8.71. The van der Waals surface area contributed by atoms with Crippen LogP contribution in [0, 0.1) is 12.8 Å². The smallest absolute Gasteiger partial charge is 0.0313 e. The second-order valence-electron chi connectivity index (χ2n) is 4.92. The van der Waals surface area contributed by atoms with Gasteiger partial charge in [0.2, 0.25) is 0 Å². The highest BCUT2D eigenvalue weighted by Gasteiger charge is 2.05. The van der Waals surface area contributed by atoms with Crippen molar-refractivity contribution >= 4 is 0 Å². The van der Waals surface area contributed by atoms with Crippen molar-refractivity contribution in [1.82, 2.24) is 10.3 Å². The Hall–Kier alpha value is -0.890. The third kappa shape index (κ3) is 5.83. The molecule has 0 aromatic carbocycles. The molecule has 0 saturated carbocycles. The average Bonchev–Trinajstić information content (AvgIpc) is 2.33. The molecule has 0 spiro atoms. The monoisotopic (exact) mass is 234 g/mol. The van der Waals surface area contributed by atoms with Crippen molar-refractivity contribution in [1.29, 1.82) is 0 Å². The summed E-state index contributed by atoms with van der Waals surface area (Å²) in [5.41, 5.74) is 2.53. The standard InChI is InChI=1S/C15H26N2/c1-4-6-7-14(5-2)10-17-12-15-8-13(3)9-16-11-15/h8-9,11,14,17H,4-7,10,12H2,1-3H3. The minimum absolute atomic E-state index is 0.827. The fraction of sp³-hybridized carbons (Fsp3) is 0.667. The third-order valence-electron chi connectivity index (χ3n) is 3.24. The van der Waals surface area contributed by atoms with E-state index >= 15 is 0 Å². The van der Waals surface area contributed by atoms with Crippen LogP contribution in [-0.2, 0) is 6.54 Å². The van der Waals surface area contributed by atoms with Gasteiger partial charge in [-0.05, 0) is 36.9 Å². The topological polar surface area (TPSA) is 24.9 Å². The molecule has 17 heavy (non-hydrogen) atoms. The number of pyridine rings is 1. The molecule has 0 aliphatic carbocycles. The zero-order chi connectivity index (χ0) is 12.5. The quantitative estimate of drug-likeness (QED) is 0.742. The van der Waals surface area contributed by atoms with Crippen molar-refractivity contribution in [3.8, 4) is 0 Å². The Morgan fingerprint density at radius 1 is 1.29 bits per heavy atom. The fourth-order valence-electron chi connectivity index (χ4n) is 2.08. The lowest BCUT2D eigenvalue weighted by Crippen LogP contribution is -2.22. The van der Waals surface area contributed by atoms with Crippen LogP contribution in [0.25, 0.3) is 0 Å². The van der Waals surface area contributed by atoms with Crippen LogP contribution in [0.4, 0.5) is 0 Å². The molecule has 0 radical (unpaired) electrons. The largest absolute Gasteiger partial charge is 0.312 e. The van der Waals surface area contributed by atoms with E-state index in [1.54, 1.807) is 0 Å². The number of hydrogen-bond acceptors (Lipinski definition) is 2. The molecule has 1 aromatic rings. The Balaban J connectivity index is 2.26. The summed E-state index contributed by atoms with van der Waals surface area (Å²) in [5, 5.41) is 3.55. The first-order valence-electron chi connectivity index (χ1n) is 6.87. The van der Waals surface area contributed by atoms with Gasteiger partial charge in [-0.25, -0.2) is 0 Å². The Kier molecular flexibility index (Phi) is 6.87. The summed E-state index contributed by atoms with van der Waals surface area (Å²) >= 11 is 0. The van der Waals surface area contributed by atoms with Crippen molar-refractivity contribution in [2.45, 2.75) is 53.0 Å². The third-order valence-corrected chi connectivity index (χ3v) is 3.24. The Bertz CT molecular complexity index is 310. The predicted molar refractivity (Wildman–Crippen MR) is 74.0 cm³/mol. The van der Waals surface area contributed by atoms with Gasteiger partial charge in [0.05, 0.1) is 0 Å². The molecule has 0 amide bonds. The van der Waals surface area contributed by atoms with Gasteiger partial charge in [-0.2, -0.15) is 0 Å². The predicted octanol–water partition coefficient (Wildman–Crippen LogP) is 3.70. The van der Waals surface area contributed by atoms with Crippen molar-refractivity contribution in [3.05, 3.63) is 29.6 Å². The van der Waals surface area contributed by atoms with Gasteiger partial charge >= 0.3 is 0 Å². The first kappa shape index (κ1) is 14.2. The fourth-order valence-corrected chi connectivity index (χ4v) is 2.08. The number of rotatable bonds is 8. The molecule has 0 saturated heterocycles. The maximum Gasteiger partial charge on any atom is 0.0313 e. The molecule has 1 heterocycles. The molecule has 0 aliphatic rings. The summed E-state index contributed by atoms with van der Waals surface area (Å²) in [6.07, 6.45) is 9.14. The van der Waals surface area contributed by atoms with Gasteiger partial charge in [0, 0.05) is 18.9 Å². The number of hydrogen-bond donors (Lipinski definition) is 1. The number of unbranched alkanes of at least 4 members (excludes halogenated alkanes) is 1. The van der Waals surface area contributed by atoms with Gasteiger partial charge in [0.15, 0.2) is 0 Å². The molecule has 2 nitrogen and oxygen atoms in total. The van der Waals surface area contributed by atoms with E-state index in [1.807, 2.05) is 12.4 Å². The van der Waals surface area contributed by atoms with Crippen LogP contribution in [-0.4, -0.2) is 11.5 Å². The zero-order valence-corrected chi connectivity index (χ0v) is 11.5. The molecule has 1 rings (SSSR count). The van der Waals surface area contributed by atoms with Gasteiger partial charge in [-0.15, -0.1) is 0 Å². The molecule has 96 valence electrons. The minimum Gasteiger partial charge on any atom is -0.312 e. The summed E-state index contributed by atoms with van der Waals surface area (Å²) in [6, 6.07) is 2.20. The Morgan fingerprint density at radius 2 is 2.12 bits per heavy atom. The van der Waals surface area contributed by atoms with Crippen LogP contribution < -0.4 is 5.32 Å². The number of aryl methyl sites for hydroxylation is 1. The van der Waals surface area contributed by atoms with Gasteiger partial charge < -0.3 is 5.32 Å². The van der Waals surface area contributed by atoms with E-state index in [4.69, 9.17) is 0 Å². The molecule has 1 unspecified atom stereocenters. The van der Waals surface area contributed by atoms with E-state index < -0.39 is 0 Å². The van der Waals surface area contributed by atoms with E-state index in [0.29, 0.717) is 0 Å². The molecule has 0 bridgehead atoms. The number of nitrogens with one attached hydrogen (secondary N) is 1. The maximum absolute atomic E-state index is 4.21. The van der Waals surface area contributed by atoms with Crippen molar-refractivity contribution < 1.29 is 0 Å². The van der Waals surface area contributed by atoms with Crippen LogP contribution >= 0.6 is 0 Å². The van der Waals surface area contributed by atoms with Crippen LogP contribution in [0.5, 0.6) is 0 Å². The first-order valence-corrected chi connectivity index (χ1v) is 6.87. The van der Waals surface area contributed by atoms with Crippen molar-refractivity contribution in [3.63, 3.8) is 0 Å². The molecule has 1 atom stereocenters. The number of aromatic nitrogens is 1. The lowest BCUT2D eigenvalue weighted by atomic mass is 9.99. The highest BCUT2D eigenvalue weighted by molar-refractivity contribution is 5.16. The van der Waals surface area contributed by atoms with Crippen molar-refractivity contribution in [2.24, 2.45) is 5.92 Å². The van der Waals surface area contributed by atoms with E-state index in [9.17, 15) is 0 Å². The van der Waals surface area contributed by atoms with Crippen LogP contribution in [0.15, 0.2) is 18.5 Å².